The van der Waals surface area contributed by atoms with E-state index in [-0.39, 0.29) is 11.8 Å². The first-order valence-corrected chi connectivity index (χ1v) is 9.01. The summed E-state index contributed by atoms with van der Waals surface area (Å²) in [7, 11) is -3.80. The lowest BCUT2D eigenvalue weighted by Gasteiger charge is -2.34. The highest BCUT2D eigenvalue weighted by molar-refractivity contribution is 7.87. The summed E-state index contributed by atoms with van der Waals surface area (Å²) in [6.07, 6.45) is -0.639. The van der Waals surface area contributed by atoms with Crippen LogP contribution in [0, 0.1) is 23.5 Å². The highest BCUT2D eigenvalue weighted by Crippen LogP contribution is 2.24. The maximum atomic E-state index is 13.6. The molecule has 8 heteroatoms. The third-order valence-corrected chi connectivity index (χ3v) is 5.48. The number of hydrogen-bond donors (Lipinski definition) is 2. The van der Waals surface area contributed by atoms with Crippen LogP contribution in [0.3, 0.4) is 0 Å². The molecule has 0 aromatic heterocycles. The molecule has 0 saturated carbocycles. The van der Waals surface area contributed by atoms with Gasteiger partial charge in [-0.1, -0.05) is 19.9 Å². The highest BCUT2D eigenvalue weighted by atomic mass is 32.2. The van der Waals surface area contributed by atoms with Crippen LogP contribution in [0.4, 0.5) is 8.78 Å². The minimum Gasteiger partial charge on any atom is -0.387 e. The van der Waals surface area contributed by atoms with E-state index in [1.165, 1.54) is 10.4 Å². The number of hydrogen-bond acceptors (Lipinski definition) is 3. The molecule has 0 amide bonds. The summed E-state index contributed by atoms with van der Waals surface area (Å²) in [5.74, 6) is -1.33. The summed E-state index contributed by atoms with van der Waals surface area (Å²) in [6.45, 7) is 4.25. The Balaban J connectivity index is 2.04. The highest BCUT2D eigenvalue weighted by Gasteiger charge is 2.31. The Morgan fingerprint density at radius 2 is 1.78 bits per heavy atom. The molecule has 1 aromatic carbocycles. The first-order chi connectivity index (χ1) is 10.7. The fourth-order valence-corrected chi connectivity index (χ4v) is 4.46. The Hall–Kier alpha value is -1.09. The maximum Gasteiger partial charge on any atom is 0.279 e. The lowest BCUT2D eigenvalue weighted by Crippen LogP contribution is -2.48. The quantitative estimate of drug-likeness (QED) is 0.853. The van der Waals surface area contributed by atoms with Gasteiger partial charge in [-0.05, 0) is 30.4 Å². The standard InChI is InChI=1S/C15H22F2N2O3S/c1-10-6-11(2)9-19(8-10)23(21,22)18-7-14(20)15-12(16)4-3-5-13(15)17/h3-5,10-11,14,18,20H,6-9H2,1-2H3/t10-,11-,14-/m1/s1. The number of aliphatic hydroxyl groups is 1. The van der Waals surface area contributed by atoms with Crippen molar-refractivity contribution >= 4 is 10.2 Å². The van der Waals surface area contributed by atoms with Crippen LogP contribution in [0.5, 0.6) is 0 Å². The number of benzene rings is 1. The average Bonchev–Trinajstić information content (AvgIpc) is 2.44. The molecule has 1 aliphatic rings. The predicted octanol–water partition coefficient (Wildman–Crippen LogP) is 1.81. The van der Waals surface area contributed by atoms with Gasteiger partial charge in [0, 0.05) is 19.6 Å². The van der Waals surface area contributed by atoms with E-state index in [9.17, 15) is 22.3 Å². The van der Waals surface area contributed by atoms with Crippen molar-refractivity contribution in [3.8, 4) is 0 Å². The lowest BCUT2D eigenvalue weighted by atomic mass is 9.94. The molecule has 3 atom stereocenters. The van der Waals surface area contributed by atoms with Crippen molar-refractivity contribution in [2.45, 2.75) is 26.4 Å². The van der Waals surface area contributed by atoms with Gasteiger partial charge in [-0.25, -0.2) is 8.78 Å². The van der Waals surface area contributed by atoms with Gasteiger partial charge in [-0.15, -0.1) is 0 Å². The van der Waals surface area contributed by atoms with Gasteiger partial charge in [-0.3, -0.25) is 0 Å². The lowest BCUT2D eigenvalue weighted by molar-refractivity contribution is 0.169. The van der Waals surface area contributed by atoms with Gasteiger partial charge in [-0.2, -0.15) is 17.4 Å². The Morgan fingerprint density at radius 1 is 1.26 bits per heavy atom. The van der Waals surface area contributed by atoms with E-state index in [1.807, 2.05) is 13.8 Å². The van der Waals surface area contributed by atoms with E-state index in [2.05, 4.69) is 4.72 Å². The zero-order chi connectivity index (χ0) is 17.2. The van der Waals surface area contributed by atoms with Crippen LogP contribution in [-0.4, -0.2) is 37.5 Å². The number of rotatable bonds is 5. The minimum absolute atomic E-state index is 0.240. The molecule has 0 radical (unpaired) electrons. The summed E-state index contributed by atoms with van der Waals surface area (Å²) in [5.41, 5.74) is -0.532. The molecule has 1 saturated heterocycles. The topological polar surface area (TPSA) is 69.6 Å². The van der Waals surface area contributed by atoms with E-state index < -0.39 is 40.1 Å². The molecule has 1 aliphatic heterocycles. The van der Waals surface area contributed by atoms with E-state index in [4.69, 9.17) is 0 Å². The Bertz CT molecular complexity index is 624. The number of halogens is 2. The van der Waals surface area contributed by atoms with Gasteiger partial charge in [0.2, 0.25) is 0 Å². The maximum absolute atomic E-state index is 13.6. The van der Waals surface area contributed by atoms with Crippen molar-refractivity contribution in [3.05, 3.63) is 35.4 Å². The van der Waals surface area contributed by atoms with Crippen molar-refractivity contribution in [1.82, 2.24) is 9.03 Å². The van der Waals surface area contributed by atoms with Crippen LogP contribution in [0.15, 0.2) is 18.2 Å². The van der Waals surface area contributed by atoms with Crippen LogP contribution in [-0.2, 0) is 10.2 Å². The first-order valence-electron chi connectivity index (χ1n) is 7.57. The normalized spacial score (nSPS) is 24.6. The Labute approximate surface area is 135 Å². The second-order valence-corrected chi connectivity index (χ2v) is 8.02. The molecule has 0 aliphatic carbocycles. The Morgan fingerprint density at radius 3 is 2.30 bits per heavy atom. The molecular weight excluding hydrogens is 326 g/mol. The summed E-state index contributed by atoms with van der Waals surface area (Å²) < 4.78 is 55.3. The average molecular weight is 348 g/mol. The molecule has 0 unspecified atom stereocenters. The van der Waals surface area contributed by atoms with Gasteiger partial charge in [0.25, 0.3) is 10.2 Å². The van der Waals surface area contributed by atoms with Crippen molar-refractivity contribution in [2.24, 2.45) is 11.8 Å². The molecule has 2 rings (SSSR count). The zero-order valence-corrected chi connectivity index (χ0v) is 14.0. The molecule has 0 bridgehead atoms. The van der Waals surface area contributed by atoms with Crippen LogP contribution >= 0.6 is 0 Å². The van der Waals surface area contributed by atoms with Gasteiger partial charge in [0.1, 0.15) is 11.6 Å². The van der Waals surface area contributed by atoms with Crippen molar-refractivity contribution in [1.29, 1.82) is 0 Å². The van der Waals surface area contributed by atoms with E-state index in [1.54, 1.807) is 0 Å². The molecule has 130 valence electrons. The summed E-state index contributed by atoms with van der Waals surface area (Å²) >= 11 is 0. The fraction of sp³-hybridized carbons (Fsp3) is 0.600. The largest absolute Gasteiger partial charge is 0.387 e. The molecule has 5 nitrogen and oxygen atoms in total. The van der Waals surface area contributed by atoms with Gasteiger partial charge < -0.3 is 5.11 Å². The number of nitrogens with zero attached hydrogens (tertiary/aromatic N) is 1. The van der Waals surface area contributed by atoms with Crippen molar-refractivity contribution in [2.75, 3.05) is 19.6 Å². The second kappa shape index (κ2) is 7.21. The van der Waals surface area contributed by atoms with Gasteiger partial charge in [0.15, 0.2) is 0 Å². The first kappa shape index (κ1) is 18.3. The minimum atomic E-state index is -3.80. The molecule has 1 aromatic rings. The smallest absolute Gasteiger partial charge is 0.279 e. The third-order valence-electron chi connectivity index (χ3n) is 3.97. The van der Waals surface area contributed by atoms with Crippen molar-refractivity contribution in [3.63, 3.8) is 0 Å². The van der Waals surface area contributed by atoms with E-state index >= 15 is 0 Å². The van der Waals surface area contributed by atoms with Gasteiger partial charge >= 0.3 is 0 Å². The molecule has 2 N–H and O–H groups in total. The molecule has 1 heterocycles. The number of aliphatic hydroxyl groups excluding tert-OH is 1. The van der Waals surface area contributed by atoms with Crippen LogP contribution in [0.25, 0.3) is 0 Å². The van der Waals surface area contributed by atoms with E-state index in [0.717, 1.165) is 18.6 Å². The monoisotopic (exact) mass is 348 g/mol. The summed E-state index contributed by atoms with van der Waals surface area (Å²) in [5, 5.41) is 9.92. The fourth-order valence-electron chi connectivity index (χ4n) is 3.01. The molecule has 1 fully saturated rings. The molecular formula is C15H22F2N2O3S. The van der Waals surface area contributed by atoms with Crippen LogP contribution in [0.1, 0.15) is 31.9 Å². The van der Waals surface area contributed by atoms with Crippen LogP contribution < -0.4 is 4.72 Å². The summed E-state index contributed by atoms with van der Waals surface area (Å²) in [4.78, 5) is 0. The van der Waals surface area contributed by atoms with Crippen molar-refractivity contribution < 1.29 is 22.3 Å². The van der Waals surface area contributed by atoms with Crippen LogP contribution in [0.2, 0.25) is 0 Å². The molecule has 0 spiro atoms. The molecule has 23 heavy (non-hydrogen) atoms. The third kappa shape index (κ3) is 4.47. The van der Waals surface area contributed by atoms with E-state index in [0.29, 0.717) is 13.1 Å². The predicted molar refractivity (Wildman–Crippen MR) is 82.8 cm³/mol. The zero-order valence-electron chi connectivity index (χ0n) is 13.2. The number of piperidine rings is 1. The number of nitrogens with one attached hydrogen (secondary N) is 1. The second-order valence-electron chi connectivity index (χ2n) is 6.27. The summed E-state index contributed by atoms with van der Waals surface area (Å²) in [6, 6.07) is 3.22. The van der Waals surface area contributed by atoms with Gasteiger partial charge in [0.05, 0.1) is 11.7 Å². The SMILES string of the molecule is C[C@@H]1C[C@@H](C)CN(S(=O)(=O)NC[C@@H](O)c2c(F)cccc2F)C1. The Kier molecular flexibility index (Phi) is 5.72.